The highest BCUT2D eigenvalue weighted by atomic mass is 16.5. The first-order valence-electron chi connectivity index (χ1n) is 6.31. The van der Waals surface area contributed by atoms with Crippen LogP contribution in [0.25, 0.3) is 0 Å². The third kappa shape index (κ3) is 4.39. The maximum Gasteiger partial charge on any atom is 0.119 e. The predicted octanol–water partition coefficient (Wildman–Crippen LogP) is 1.25. The molecule has 0 aliphatic heterocycles. The van der Waals surface area contributed by atoms with Crippen LogP contribution in [0.15, 0.2) is 36.5 Å². The highest BCUT2D eigenvalue weighted by Gasteiger charge is 2.06. The zero-order chi connectivity index (χ0) is 13.5. The summed E-state index contributed by atoms with van der Waals surface area (Å²) in [7, 11) is 0. The van der Waals surface area contributed by atoms with Crippen molar-refractivity contribution < 1.29 is 9.84 Å². The van der Waals surface area contributed by atoms with Crippen LogP contribution in [0.5, 0.6) is 5.75 Å². The number of hydrogen-bond acceptors (Lipinski definition) is 4. The Balaban J connectivity index is 1.65. The molecule has 1 aromatic carbocycles. The van der Waals surface area contributed by atoms with E-state index in [1.165, 1.54) is 0 Å². The Morgan fingerprint density at radius 2 is 2.16 bits per heavy atom. The molecule has 19 heavy (non-hydrogen) atoms. The zero-order valence-corrected chi connectivity index (χ0v) is 11.0. The first kappa shape index (κ1) is 13.6. The van der Waals surface area contributed by atoms with Gasteiger partial charge in [0.05, 0.1) is 6.20 Å². The van der Waals surface area contributed by atoms with Gasteiger partial charge in [0.2, 0.25) is 0 Å². The standard InChI is InChI=1S/C14H19N3O2/c1-11-12(8-16-17-11)7-15-9-13(18)10-19-14-5-3-2-4-6-14/h2-6,8,13,15,18H,7,9-10H2,1H3,(H,16,17). The van der Waals surface area contributed by atoms with E-state index in [1.807, 2.05) is 37.3 Å². The van der Waals surface area contributed by atoms with Crippen molar-refractivity contribution in [3.8, 4) is 5.75 Å². The molecule has 2 rings (SSSR count). The smallest absolute Gasteiger partial charge is 0.119 e. The van der Waals surface area contributed by atoms with E-state index in [4.69, 9.17) is 4.74 Å². The fraction of sp³-hybridized carbons (Fsp3) is 0.357. The SMILES string of the molecule is Cc1[nH]ncc1CNCC(O)COc1ccccc1. The van der Waals surface area contributed by atoms with Gasteiger partial charge in [0.1, 0.15) is 18.5 Å². The average Bonchev–Trinajstić information content (AvgIpc) is 2.83. The number of ether oxygens (including phenoxy) is 1. The highest BCUT2D eigenvalue weighted by molar-refractivity contribution is 5.20. The molecular weight excluding hydrogens is 242 g/mol. The number of H-pyrrole nitrogens is 1. The van der Waals surface area contributed by atoms with Crippen LogP contribution in [0.1, 0.15) is 11.3 Å². The minimum absolute atomic E-state index is 0.279. The Morgan fingerprint density at radius 3 is 2.84 bits per heavy atom. The van der Waals surface area contributed by atoms with E-state index in [-0.39, 0.29) is 6.61 Å². The van der Waals surface area contributed by atoms with Gasteiger partial charge in [0, 0.05) is 24.3 Å². The second-order valence-electron chi connectivity index (χ2n) is 4.43. The summed E-state index contributed by atoms with van der Waals surface area (Å²) in [6, 6.07) is 9.48. The van der Waals surface area contributed by atoms with Gasteiger partial charge in [-0.2, -0.15) is 5.10 Å². The molecule has 0 fully saturated rings. The molecule has 0 amide bonds. The van der Waals surface area contributed by atoms with Gasteiger partial charge in [-0.3, -0.25) is 5.10 Å². The molecule has 102 valence electrons. The van der Waals surface area contributed by atoms with Crippen LogP contribution in [0.3, 0.4) is 0 Å². The highest BCUT2D eigenvalue weighted by Crippen LogP contribution is 2.08. The van der Waals surface area contributed by atoms with Crippen molar-refractivity contribution >= 4 is 0 Å². The lowest BCUT2D eigenvalue weighted by molar-refractivity contribution is 0.106. The molecule has 0 saturated carbocycles. The molecule has 0 spiro atoms. The largest absolute Gasteiger partial charge is 0.491 e. The number of nitrogens with zero attached hydrogens (tertiary/aromatic N) is 1. The predicted molar refractivity (Wildman–Crippen MR) is 73.0 cm³/mol. The molecular formula is C14H19N3O2. The maximum absolute atomic E-state index is 9.80. The number of aliphatic hydroxyl groups excluding tert-OH is 1. The van der Waals surface area contributed by atoms with E-state index in [0.717, 1.165) is 17.0 Å². The van der Waals surface area contributed by atoms with Crippen molar-refractivity contribution in [2.24, 2.45) is 0 Å². The second-order valence-corrected chi connectivity index (χ2v) is 4.43. The minimum Gasteiger partial charge on any atom is -0.491 e. The van der Waals surface area contributed by atoms with Gasteiger partial charge >= 0.3 is 0 Å². The van der Waals surface area contributed by atoms with Crippen molar-refractivity contribution in [3.63, 3.8) is 0 Å². The van der Waals surface area contributed by atoms with Gasteiger partial charge < -0.3 is 15.2 Å². The lowest BCUT2D eigenvalue weighted by Gasteiger charge is -2.13. The summed E-state index contributed by atoms with van der Waals surface area (Å²) in [6.45, 7) is 3.42. The number of aryl methyl sites for hydroxylation is 1. The number of aromatic nitrogens is 2. The molecule has 1 heterocycles. The lowest BCUT2D eigenvalue weighted by atomic mass is 10.2. The monoisotopic (exact) mass is 261 g/mol. The Bertz CT molecular complexity index is 484. The van der Waals surface area contributed by atoms with Gasteiger partial charge in [-0.15, -0.1) is 0 Å². The van der Waals surface area contributed by atoms with Crippen LogP contribution < -0.4 is 10.1 Å². The molecule has 2 aromatic rings. The molecule has 0 aliphatic carbocycles. The molecule has 0 radical (unpaired) electrons. The summed E-state index contributed by atoms with van der Waals surface area (Å²) < 4.78 is 5.47. The third-order valence-corrected chi connectivity index (χ3v) is 2.82. The molecule has 0 bridgehead atoms. The second kappa shape index (κ2) is 6.92. The first-order valence-corrected chi connectivity index (χ1v) is 6.31. The van der Waals surface area contributed by atoms with Gasteiger partial charge in [-0.1, -0.05) is 18.2 Å². The van der Waals surface area contributed by atoms with Crippen molar-refractivity contribution in [3.05, 3.63) is 47.8 Å². The Kier molecular flexibility index (Phi) is 4.94. The first-order chi connectivity index (χ1) is 9.25. The Hall–Kier alpha value is -1.85. The molecule has 1 atom stereocenters. The van der Waals surface area contributed by atoms with E-state index < -0.39 is 6.10 Å². The summed E-state index contributed by atoms with van der Waals surface area (Å²) in [5, 5.41) is 19.8. The van der Waals surface area contributed by atoms with Gasteiger partial charge in [-0.05, 0) is 19.1 Å². The molecule has 0 saturated heterocycles. The van der Waals surface area contributed by atoms with Crippen LogP contribution in [0.4, 0.5) is 0 Å². The summed E-state index contributed by atoms with van der Waals surface area (Å²) in [5.41, 5.74) is 2.15. The van der Waals surface area contributed by atoms with Crippen molar-refractivity contribution in [1.82, 2.24) is 15.5 Å². The van der Waals surface area contributed by atoms with Crippen molar-refractivity contribution in [1.29, 1.82) is 0 Å². The average molecular weight is 261 g/mol. The molecule has 3 N–H and O–H groups in total. The Morgan fingerprint density at radius 1 is 1.37 bits per heavy atom. The van der Waals surface area contributed by atoms with E-state index >= 15 is 0 Å². The van der Waals surface area contributed by atoms with Crippen LogP contribution in [-0.4, -0.2) is 34.6 Å². The zero-order valence-electron chi connectivity index (χ0n) is 11.0. The topological polar surface area (TPSA) is 70.2 Å². The number of nitrogens with one attached hydrogen (secondary N) is 2. The molecule has 0 aliphatic rings. The van der Waals surface area contributed by atoms with Gasteiger partial charge in [0.15, 0.2) is 0 Å². The molecule has 1 aromatic heterocycles. The summed E-state index contributed by atoms with van der Waals surface area (Å²) in [4.78, 5) is 0. The normalized spacial score (nSPS) is 12.3. The van der Waals surface area contributed by atoms with E-state index in [1.54, 1.807) is 6.20 Å². The minimum atomic E-state index is -0.535. The lowest BCUT2D eigenvalue weighted by Crippen LogP contribution is -2.31. The van der Waals surface area contributed by atoms with Crippen LogP contribution >= 0.6 is 0 Å². The summed E-state index contributed by atoms with van der Waals surface area (Å²) in [6.07, 6.45) is 1.25. The van der Waals surface area contributed by atoms with Gasteiger partial charge in [-0.25, -0.2) is 0 Å². The third-order valence-electron chi connectivity index (χ3n) is 2.82. The fourth-order valence-corrected chi connectivity index (χ4v) is 1.70. The number of aliphatic hydroxyl groups is 1. The van der Waals surface area contributed by atoms with Crippen molar-refractivity contribution in [2.45, 2.75) is 19.6 Å². The number of aromatic amines is 1. The van der Waals surface area contributed by atoms with E-state index in [2.05, 4.69) is 15.5 Å². The number of para-hydroxylation sites is 1. The number of rotatable bonds is 7. The van der Waals surface area contributed by atoms with Gasteiger partial charge in [0.25, 0.3) is 0 Å². The Labute approximate surface area is 112 Å². The van der Waals surface area contributed by atoms with Crippen LogP contribution in [-0.2, 0) is 6.54 Å². The van der Waals surface area contributed by atoms with E-state index in [9.17, 15) is 5.11 Å². The number of hydrogen-bond donors (Lipinski definition) is 3. The van der Waals surface area contributed by atoms with Crippen molar-refractivity contribution in [2.75, 3.05) is 13.2 Å². The molecule has 1 unspecified atom stereocenters. The molecule has 5 nitrogen and oxygen atoms in total. The maximum atomic E-state index is 9.80. The fourth-order valence-electron chi connectivity index (χ4n) is 1.70. The number of benzene rings is 1. The van der Waals surface area contributed by atoms with Crippen LogP contribution in [0.2, 0.25) is 0 Å². The quantitative estimate of drug-likeness (QED) is 0.701. The molecule has 5 heteroatoms. The van der Waals surface area contributed by atoms with E-state index in [0.29, 0.717) is 13.1 Å². The summed E-state index contributed by atoms with van der Waals surface area (Å²) in [5.74, 6) is 0.771. The summed E-state index contributed by atoms with van der Waals surface area (Å²) >= 11 is 0. The van der Waals surface area contributed by atoms with Crippen LogP contribution in [0, 0.1) is 6.92 Å².